The Morgan fingerprint density at radius 2 is 1.80 bits per heavy atom. The van der Waals surface area contributed by atoms with Crippen molar-refractivity contribution in [1.82, 2.24) is 9.88 Å². The van der Waals surface area contributed by atoms with Crippen LogP contribution in [0.25, 0.3) is 21.7 Å². The molecule has 152 valence electrons. The molecule has 2 N–H and O–H groups in total. The van der Waals surface area contributed by atoms with Gasteiger partial charge in [0.1, 0.15) is 17.3 Å². The second kappa shape index (κ2) is 8.08. The molecule has 4 aromatic rings. The number of nitrogens with zero attached hydrogens (tertiary/aromatic N) is 1. The summed E-state index contributed by atoms with van der Waals surface area (Å²) in [4.78, 5) is 23.5. The fraction of sp³-hybridized carbons (Fsp3) is 0.167. The number of benzene rings is 3. The molecule has 0 radical (unpaired) electrons. The summed E-state index contributed by atoms with van der Waals surface area (Å²) < 4.78 is 15.7. The minimum Gasteiger partial charge on any atom is -0.477 e. The molecule has 5 nitrogen and oxygen atoms in total. The van der Waals surface area contributed by atoms with Crippen molar-refractivity contribution in [3.8, 4) is 0 Å². The van der Waals surface area contributed by atoms with E-state index in [1.807, 2.05) is 42.5 Å². The molecule has 0 unspecified atom stereocenters. The number of fused-ring (bicyclic) bond motifs is 2. The van der Waals surface area contributed by atoms with Crippen molar-refractivity contribution in [3.63, 3.8) is 0 Å². The summed E-state index contributed by atoms with van der Waals surface area (Å²) in [7, 11) is 0. The molecule has 0 aliphatic heterocycles. The molecular formula is C24H21FN2O3. The maximum atomic E-state index is 14.0. The molecule has 0 saturated carbocycles. The molecule has 0 aliphatic rings. The van der Waals surface area contributed by atoms with E-state index in [0.29, 0.717) is 23.0 Å². The van der Waals surface area contributed by atoms with Crippen LogP contribution in [0.15, 0.2) is 60.7 Å². The molecule has 0 fully saturated rings. The monoisotopic (exact) mass is 404 g/mol. The molecule has 0 aliphatic carbocycles. The number of carbonyl (C=O) groups is 2. The van der Waals surface area contributed by atoms with Crippen molar-refractivity contribution in [3.05, 3.63) is 83.3 Å². The number of carbonyl (C=O) groups excluding carboxylic acids is 1. The molecular weight excluding hydrogens is 383 g/mol. The highest BCUT2D eigenvalue weighted by Gasteiger charge is 2.23. The van der Waals surface area contributed by atoms with Gasteiger partial charge in [0, 0.05) is 29.6 Å². The number of rotatable bonds is 7. The highest BCUT2D eigenvalue weighted by atomic mass is 19.1. The molecule has 0 bridgehead atoms. The first kappa shape index (κ1) is 19.8. The second-order valence-electron chi connectivity index (χ2n) is 7.32. The van der Waals surface area contributed by atoms with Gasteiger partial charge >= 0.3 is 5.97 Å². The van der Waals surface area contributed by atoms with Crippen LogP contribution in [0.1, 0.15) is 28.5 Å². The van der Waals surface area contributed by atoms with Gasteiger partial charge < -0.3 is 15.0 Å². The number of aromatic nitrogens is 1. The molecule has 0 saturated heterocycles. The van der Waals surface area contributed by atoms with Gasteiger partial charge in [-0.25, -0.2) is 9.18 Å². The van der Waals surface area contributed by atoms with E-state index in [9.17, 15) is 19.1 Å². The third-order valence-electron chi connectivity index (χ3n) is 5.22. The van der Waals surface area contributed by atoms with Gasteiger partial charge in [-0.05, 0) is 41.5 Å². The summed E-state index contributed by atoms with van der Waals surface area (Å²) in [6.45, 7) is 2.06. The Labute approximate surface area is 172 Å². The molecule has 30 heavy (non-hydrogen) atoms. The van der Waals surface area contributed by atoms with E-state index in [1.165, 1.54) is 19.1 Å². The molecule has 0 amide bonds. The Hall–Kier alpha value is -3.51. The van der Waals surface area contributed by atoms with Crippen molar-refractivity contribution in [2.75, 3.05) is 6.54 Å². The van der Waals surface area contributed by atoms with Crippen molar-refractivity contribution >= 4 is 33.4 Å². The Kier molecular flexibility index (Phi) is 5.33. The third kappa shape index (κ3) is 3.69. The fourth-order valence-electron chi connectivity index (χ4n) is 3.95. The second-order valence-corrected chi connectivity index (χ2v) is 7.32. The molecule has 3 aromatic carbocycles. The van der Waals surface area contributed by atoms with Crippen LogP contribution in [-0.4, -0.2) is 28.0 Å². The van der Waals surface area contributed by atoms with Crippen molar-refractivity contribution in [2.24, 2.45) is 0 Å². The predicted octanol–water partition coefficient (Wildman–Crippen LogP) is 4.36. The lowest BCUT2D eigenvalue weighted by molar-refractivity contribution is -0.116. The van der Waals surface area contributed by atoms with Crippen molar-refractivity contribution in [1.29, 1.82) is 0 Å². The third-order valence-corrected chi connectivity index (χ3v) is 5.22. The lowest BCUT2D eigenvalue weighted by Gasteiger charge is -2.12. The van der Waals surface area contributed by atoms with E-state index >= 15 is 0 Å². The molecule has 1 aromatic heterocycles. The number of hydrogen-bond donors (Lipinski definition) is 2. The van der Waals surface area contributed by atoms with Gasteiger partial charge in [-0.15, -0.1) is 0 Å². The van der Waals surface area contributed by atoms with E-state index < -0.39 is 11.8 Å². The van der Waals surface area contributed by atoms with Gasteiger partial charge in [0.15, 0.2) is 0 Å². The first-order chi connectivity index (χ1) is 14.5. The Bertz CT molecular complexity index is 1270. The van der Waals surface area contributed by atoms with Crippen molar-refractivity contribution in [2.45, 2.75) is 20.0 Å². The zero-order valence-corrected chi connectivity index (χ0v) is 16.5. The topological polar surface area (TPSA) is 71.3 Å². The molecule has 0 spiro atoms. The first-order valence-corrected chi connectivity index (χ1v) is 9.66. The molecule has 0 atom stereocenters. The lowest BCUT2D eigenvalue weighted by atomic mass is 10.0. The Balaban J connectivity index is 1.89. The number of halogens is 1. The summed E-state index contributed by atoms with van der Waals surface area (Å²) >= 11 is 0. The van der Waals surface area contributed by atoms with Crippen LogP contribution in [0.2, 0.25) is 0 Å². The van der Waals surface area contributed by atoms with Crippen molar-refractivity contribution < 1.29 is 19.1 Å². The minimum atomic E-state index is -1.09. The van der Waals surface area contributed by atoms with E-state index in [2.05, 4.69) is 5.32 Å². The smallest absolute Gasteiger partial charge is 0.352 e. The highest BCUT2D eigenvalue weighted by molar-refractivity contribution is 5.98. The Morgan fingerprint density at radius 3 is 2.57 bits per heavy atom. The number of Topliss-reactive ketones (excluding diaryl/α,β-unsaturated/α-hetero) is 1. The highest BCUT2D eigenvalue weighted by Crippen LogP contribution is 2.30. The quantitative estimate of drug-likeness (QED) is 0.480. The van der Waals surface area contributed by atoms with Crippen LogP contribution in [0, 0.1) is 5.82 Å². The fourth-order valence-corrected chi connectivity index (χ4v) is 3.95. The number of hydrogen-bond acceptors (Lipinski definition) is 3. The van der Waals surface area contributed by atoms with Gasteiger partial charge in [-0.2, -0.15) is 0 Å². The van der Waals surface area contributed by atoms with Crippen LogP contribution < -0.4 is 5.32 Å². The summed E-state index contributed by atoms with van der Waals surface area (Å²) in [5, 5.41) is 15.6. The maximum absolute atomic E-state index is 14.0. The standard InChI is InChI=1S/C24H21FN2O3/c1-15(28)12-26-13-21-20-11-18(25)9-10-22(20)27(23(21)24(29)30)14-17-7-4-6-16-5-2-3-8-19(16)17/h2-11,26H,12-14H2,1H3,(H,29,30). The summed E-state index contributed by atoms with van der Waals surface area (Å²) in [6.07, 6.45) is 0. The van der Waals surface area contributed by atoms with Crippen LogP contribution in [0.4, 0.5) is 4.39 Å². The number of ketones is 1. The zero-order chi connectivity index (χ0) is 21.3. The average Bonchev–Trinajstić information content (AvgIpc) is 3.01. The van der Waals surface area contributed by atoms with Gasteiger partial charge in [0.25, 0.3) is 0 Å². The van der Waals surface area contributed by atoms with Crippen LogP contribution in [-0.2, 0) is 17.9 Å². The molecule has 4 rings (SSSR count). The average molecular weight is 404 g/mol. The van der Waals surface area contributed by atoms with E-state index in [4.69, 9.17) is 0 Å². The summed E-state index contributed by atoms with van der Waals surface area (Å²) in [5.74, 6) is -1.58. The first-order valence-electron chi connectivity index (χ1n) is 9.66. The predicted molar refractivity (Wildman–Crippen MR) is 114 cm³/mol. The lowest BCUT2D eigenvalue weighted by Crippen LogP contribution is -2.22. The minimum absolute atomic E-state index is 0.0578. The summed E-state index contributed by atoms with van der Waals surface area (Å²) in [6, 6.07) is 18.1. The molecule has 1 heterocycles. The largest absolute Gasteiger partial charge is 0.477 e. The number of aromatic carboxylic acids is 1. The zero-order valence-electron chi connectivity index (χ0n) is 16.5. The SMILES string of the molecule is CC(=O)CNCc1c(C(=O)O)n(Cc2cccc3ccccc23)c2ccc(F)cc12. The maximum Gasteiger partial charge on any atom is 0.352 e. The number of nitrogens with one attached hydrogen (secondary N) is 1. The van der Waals surface area contributed by atoms with Gasteiger partial charge in [-0.3, -0.25) is 4.79 Å². The van der Waals surface area contributed by atoms with Crippen LogP contribution in [0.5, 0.6) is 0 Å². The van der Waals surface area contributed by atoms with Crippen LogP contribution >= 0.6 is 0 Å². The van der Waals surface area contributed by atoms with E-state index in [1.54, 1.807) is 10.6 Å². The van der Waals surface area contributed by atoms with E-state index in [-0.39, 0.29) is 24.6 Å². The molecule has 6 heteroatoms. The van der Waals surface area contributed by atoms with E-state index in [0.717, 1.165) is 16.3 Å². The normalized spacial score (nSPS) is 11.3. The Morgan fingerprint density at radius 1 is 1.03 bits per heavy atom. The summed E-state index contributed by atoms with van der Waals surface area (Å²) in [5.41, 5.74) is 2.18. The number of carboxylic acid groups (broad SMARTS) is 1. The van der Waals surface area contributed by atoms with Crippen LogP contribution in [0.3, 0.4) is 0 Å². The van der Waals surface area contributed by atoms with Gasteiger partial charge in [0.2, 0.25) is 0 Å². The van der Waals surface area contributed by atoms with Gasteiger partial charge in [0.05, 0.1) is 6.54 Å². The van der Waals surface area contributed by atoms with Gasteiger partial charge in [-0.1, -0.05) is 42.5 Å². The number of carboxylic acids is 1.